The molecule has 1 saturated heterocycles. The van der Waals surface area contributed by atoms with E-state index in [0.717, 1.165) is 50.6 Å². The van der Waals surface area contributed by atoms with E-state index in [2.05, 4.69) is 29.3 Å². The Kier molecular flexibility index (Phi) is 10.9. The summed E-state index contributed by atoms with van der Waals surface area (Å²) in [5, 5.41) is 8.53. The van der Waals surface area contributed by atoms with Crippen molar-refractivity contribution >= 4 is 40.0 Å². The number of sulfonamides is 1. The van der Waals surface area contributed by atoms with Gasteiger partial charge in [0.15, 0.2) is 5.96 Å². The molecule has 2 aromatic rings. The highest BCUT2D eigenvalue weighted by molar-refractivity contribution is 14.0. The summed E-state index contributed by atoms with van der Waals surface area (Å²) in [5.41, 5.74) is 2.23. The van der Waals surface area contributed by atoms with E-state index in [0.29, 0.717) is 19.1 Å². The van der Waals surface area contributed by atoms with Gasteiger partial charge < -0.3 is 15.0 Å². The average molecular weight is 573 g/mol. The van der Waals surface area contributed by atoms with E-state index < -0.39 is 10.0 Å². The van der Waals surface area contributed by atoms with Crippen molar-refractivity contribution in [3.05, 3.63) is 65.7 Å². The largest absolute Gasteiger partial charge is 0.376 e. The fraction of sp³-hybridized carbons (Fsp3) is 0.435. The number of guanidine groups is 1. The van der Waals surface area contributed by atoms with E-state index in [1.807, 2.05) is 18.2 Å². The summed E-state index contributed by atoms with van der Waals surface area (Å²) in [7, 11) is -3.65. The Hall–Kier alpha value is -1.69. The normalized spacial score (nSPS) is 16.6. The summed E-state index contributed by atoms with van der Waals surface area (Å²) >= 11 is 0. The number of halogens is 1. The first kappa shape index (κ1) is 26.6. The van der Waals surface area contributed by atoms with Crippen LogP contribution in [0.3, 0.4) is 0 Å². The van der Waals surface area contributed by atoms with Crippen molar-refractivity contribution in [2.75, 3.05) is 32.8 Å². The van der Waals surface area contributed by atoms with Gasteiger partial charge in [-0.3, -0.25) is 4.99 Å². The molecule has 1 unspecified atom stereocenters. The Bertz CT molecular complexity index is 953. The summed E-state index contributed by atoms with van der Waals surface area (Å²) in [6.45, 7) is 6.81. The van der Waals surface area contributed by atoms with E-state index >= 15 is 0 Å². The quantitative estimate of drug-likeness (QED) is 0.274. The lowest BCUT2D eigenvalue weighted by Gasteiger charge is -2.21. The van der Waals surface area contributed by atoms with Gasteiger partial charge in [0.2, 0.25) is 10.0 Å². The van der Waals surface area contributed by atoms with Crippen LogP contribution in [0.1, 0.15) is 24.5 Å². The molecule has 0 bridgehead atoms. The molecule has 9 heteroatoms. The lowest BCUT2D eigenvalue weighted by Crippen LogP contribution is -2.40. The Balaban J connectivity index is 0.00000363. The van der Waals surface area contributed by atoms with Crippen LogP contribution in [0.15, 0.2) is 64.5 Å². The number of likely N-dealkylation sites (tertiary alicyclic amines) is 1. The number of primary sulfonamides is 1. The molecule has 0 saturated carbocycles. The monoisotopic (exact) mass is 572 g/mol. The van der Waals surface area contributed by atoms with Gasteiger partial charge in [-0.15, -0.1) is 24.0 Å². The number of rotatable bonds is 9. The van der Waals surface area contributed by atoms with Crippen LogP contribution in [0.2, 0.25) is 0 Å². The third kappa shape index (κ3) is 8.34. The van der Waals surface area contributed by atoms with Crippen molar-refractivity contribution in [1.82, 2.24) is 10.2 Å². The molecular formula is C23H33IN4O3S. The zero-order valence-electron chi connectivity index (χ0n) is 18.4. The maximum absolute atomic E-state index is 11.4. The minimum Gasteiger partial charge on any atom is -0.376 e. The van der Waals surface area contributed by atoms with Crippen LogP contribution in [0, 0.1) is 5.92 Å². The number of nitrogens with two attached hydrogens (primary N) is 1. The number of nitrogens with one attached hydrogen (secondary N) is 1. The average Bonchev–Trinajstić information content (AvgIpc) is 3.22. The van der Waals surface area contributed by atoms with Gasteiger partial charge in [0.25, 0.3) is 0 Å². The molecule has 0 aromatic heterocycles. The van der Waals surface area contributed by atoms with Gasteiger partial charge in [-0.1, -0.05) is 42.5 Å². The molecule has 1 aliphatic heterocycles. The van der Waals surface area contributed by atoms with E-state index in [1.165, 1.54) is 5.56 Å². The highest BCUT2D eigenvalue weighted by Crippen LogP contribution is 2.17. The van der Waals surface area contributed by atoms with Crippen molar-refractivity contribution in [3.63, 3.8) is 0 Å². The first-order valence-electron chi connectivity index (χ1n) is 10.7. The summed E-state index contributed by atoms with van der Waals surface area (Å²) in [6.07, 6.45) is 1.82. The molecule has 0 aliphatic carbocycles. The fourth-order valence-corrected chi connectivity index (χ4v) is 4.16. The Morgan fingerprint density at radius 1 is 1.16 bits per heavy atom. The van der Waals surface area contributed by atoms with Crippen molar-refractivity contribution in [3.8, 4) is 0 Å². The Morgan fingerprint density at radius 3 is 2.53 bits per heavy atom. The molecule has 1 fully saturated rings. The van der Waals surface area contributed by atoms with Gasteiger partial charge in [0.05, 0.1) is 18.1 Å². The van der Waals surface area contributed by atoms with Gasteiger partial charge in [0.1, 0.15) is 0 Å². The van der Waals surface area contributed by atoms with Crippen LogP contribution in [0.25, 0.3) is 0 Å². The molecule has 0 radical (unpaired) electrons. The second-order valence-electron chi connectivity index (χ2n) is 7.78. The smallest absolute Gasteiger partial charge is 0.238 e. The second kappa shape index (κ2) is 13.1. The molecule has 1 heterocycles. The topological polar surface area (TPSA) is 97.0 Å². The SMILES string of the molecule is CCNC(=NCCc1ccc(S(N)(=O)=O)cc1)N1CCC(COCc2ccccc2)C1.I. The summed E-state index contributed by atoms with van der Waals surface area (Å²) < 4.78 is 28.7. The minimum absolute atomic E-state index is 0. The lowest BCUT2D eigenvalue weighted by atomic mass is 10.1. The van der Waals surface area contributed by atoms with Crippen molar-refractivity contribution in [2.45, 2.75) is 31.3 Å². The van der Waals surface area contributed by atoms with E-state index in [4.69, 9.17) is 14.9 Å². The molecule has 2 aromatic carbocycles. The number of benzene rings is 2. The number of aliphatic imine (C=N–C) groups is 1. The first-order valence-corrected chi connectivity index (χ1v) is 12.3. The van der Waals surface area contributed by atoms with Crippen molar-refractivity contribution in [1.29, 1.82) is 0 Å². The van der Waals surface area contributed by atoms with E-state index in [9.17, 15) is 8.42 Å². The van der Waals surface area contributed by atoms with Crippen LogP contribution >= 0.6 is 24.0 Å². The Labute approximate surface area is 208 Å². The Morgan fingerprint density at radius 2 is 1.88 bits per heavy atom. The van der Waals surface area contributed by atoms with Gasteiger partial charge in [-0.2, -0.15) is 0 Å². The third-order valence-corrected chi connectivity index (χ3v) is 6.23. The molecule has 3 rings (SSSR count). The summed E-state index contributed by atoms with van der Waals surface area (Å²) in [5.74, 6) is 1.42. The predicted octanol–water partition coefficient (Wildman–Crippen LogP) is 3.00. The molecule has 176 valence electrons. The summed E-state index contributed by atoms with van der Waals surface area (Å²) in [4.78, 5) is 7.20. The molecule has 1 atom stereocenters. The highest BCUT2D eigenvalue weighted by Gasteiger charge is 2.25. The molecule has 3 N–H and O–H groups in total. The zero-order chi connectivity index (χ0) is 22.1. The van der Waals surface area contributed by atoms with Crippen LogP contribution in [0.5, 0.6) is 0 Å². The standard InChI is InChI=1S/C23H32N4O3S.HI/c1-2-25-23(26-14-12-19-8-10-22(11-9-19)31(24,28)29)27-15-13-21(16-27)18-30-17-20-6-4-3-5-7-20;/h3-11,21H,2,12-18H2,1H3,(H,25,26)(H2,24,28,29);1H. The third-order valence-electron chi connectivity index (χ3n) is 5.30. The number of ether oxygens (including phenoxy) is 1. The van der Waals surface area contributed by atoms with Gasteiger partial charge in [-0.05, 0) is 43.0 Å². The molecule has 7 nitrogen and oxygen atoms in total. The van der Waals surface area contributed by atoms with Crippen molar-refractivity contribution < 1.29 is 13.2 Å². The lowest BCUT2D eigenvalue weighted by molar-refractivity contribution is 0.0907. The summed E-state index contributed by atoms with van der Waals surface area (Å²) in [6, 6.07) is 16.9. The molecule has 1 aliphatic rings. The first-order chi connectivity index (χ1) is 15.0. The van der Waals surface area contributed by atoms with Crippen molar-refractivity contribution in [2.24, 2.45) is 16.0 Å². The number of nitrogens with zero attached hydrogens (tertiary/aromatic N) is 2. The van der Waals surface area contributed by atoms with E-state index in [-0.39, 0.29) is 28.9 Å². The minimum atomic E-state index is -3.65. The fourth-order valence-electron chi connectivity index (χ4n) is 3.64. The highest BCUT2D eigenvalue weighted by atomic mass is 127. The van der Waals surface area contributed by atoms with Gasteiger partial charge in [0, 0.05) is 32.1 Å². The number of hydrogen-bond donors (Lipinski definition) is 2. The van der Waals surface area contributed by atoms with E-state index in [1.54, 1.807) is 24.3 Å². The van der Waals surface area contributed by atoms with Crippen LogP contribution in [-0.2, 0) is 27.8 Å². The second-order valence-corrected chi connectivity index (χ2v) is 9.34. The molecular weight excluding hydrogens is 539 g/mol. The van der Waals surface area contributed by atoms with Crippen LogP contribution in [0.4, 0.5) is 0 Å². The molecule has 0 amide bonds. The molecule has 32 heavy (non-hydrogen) atoms. The van der Waals surface area contributed by atoms with Gasteiger partial charge >= 0.3 is 0 Å². The maximum atomic E-state index is 11.4. The van der Waals surface area contributed by atoms with Gasteiger partial charge in [-0.25, -0.2) is 13.6 Å². The predicted molar refractivity (Wildman–Crippen MR) is 139 cm³/mol. The number of hydrogen-bond acceptors (Lipinski definition) is 4. The zero-order valence-corrected chi connectivity index (χ0v) is 21.6. The maximum Gasteiger partial charge on any atom is 0.238 e. The van der Waals surface area contributed by atoms with Crippen LogP contribution in [-0.4, -0.2) is 52.1 Å². The molecule has 0 spiro atoms. The van der Waals surface area contributed by atoms with Crippen LogP contribution < -0.4 is 10.5 Å².